The van der Waals surface area contributed by atoms with Crippen LogP contribution in [0.1, 0.15) is 97.8 Å². The maximum atomic E-state index is 13.3. The van der Waals surface area contributed by atoms with Crippen LogP contribution in [0.2, 0.25) is 0 Å². The summed E-state index contributed by atoms with van der Waals surface area (Å²) in [7, 11) is 0. The lowest BCUT2D eigenvalue weighted by atomic mass is 9.71. The summed E-state index contributed by atoms with van der Waals surface area (Å²) >= 11 is 0. The first kappa shape index (κ1) is 43.1. The molecule has 68 heavy (non-hydrogen) atoms. The van der Waals surface area contributed by atoms with Crippen LogP contribution in [0.15, 0.2) is 170 Å². The monoisotopic (exact) mass is 898 g/mol. The van der Waals surface area contributed by atoms with Crippen LogP contribution >= 0.6 is 0 Å². The quantitative estimate of drug-likeness (QED) is 0.102. The van der Waals surface area contributed by atoms with E-state index in [1.165, 1.54) is 0 Å². The molecule has 2 aliphatic rings. The van der Waals surface area contributed by atoms with Gasteiger partial charge in [0.05, 0.1) is 22.3 Å². The van der Waals surface area contributed by atoms with Gasteiger partial charge in [-0.2, -0.15) is 0 Å². The first-order valence-corrected chi connectivity index (χ1v) is 22.0. The number of fused-ring (bicyclic) bond motifs is 4. The Morgan fingerprint density at radius 1 is 0.309 bits per heavy atom. The zero-order valence-corrected chi connectivity index (χ0v) is 37.4. The van der Waals surface area contributed by atoms with E-state index in [9.17, 15) is 19.2 Å². The summed E-state index contributed by atoms with van der Waals surface area (Å²) < 4.78 is 36.9. The first-order chi connectivity index (χ1) is 32.9. The van der Waals surface area contributed by atoms with Gasteiger partial charge in [-0.1, -0.05) is 95.1 Å². The van der Waals surface area contributed by atoms with E-state index in [0.717, 1.165) is 44.5 Å². The maximum Gasteiger partial charge on any atom is 0.343 e. The number of aryl methyl sites for hydroxylation is 4. The van der Waals surface area contributed by atoms with Crippen LogP contribution in [-0.2, 0) is 0 Å². The third-order valence-corrected chi connectivity index (χ3v) is 12.0. The molecule has 0 fully saturated rings. The molecular formula is C58H42O10. The molecule has 0 N–H and O–H groups in total. The van der Waals surface area contributed by atoms with Gasteiger partial charge in [0.15, 0.2) is 0 Å². The van der Waals surface area contributed by atoms with Gasteiger partial charge in [0.1, 0.15) is 46.0 Å². The number of hydrogen-bond acceptors (Lipinski definition) is 10. The number of benzene rings is 8. The summed E-state index contributed by atoms with van der Waals surface area (Å²) in [5, 5.41) is 0. The number of carbonyl (C=O) groups is 4. The van der Waals surface area contributed by atoms with Crippen LogP contribution in [0.5, 0.6) is 46.0 Å². The molecule has 0 unspecified atom stereocenters. The molecule has 0 atom stereocenters. The molecule has 0 saturated heterocycles. The van der Waals surface area contributed by atoms with Gasteiger partial charge >= 0.3 is 23.9 Å². The van der Waals surface area contributed by atoms with Gasteiger partial charge < -0.3 is 28.4 Å². The van der Waals surface area contributed by atoms with E-state index in [2.05, 4.69) is 0 Å². The van der Waals surface area contributed by atoms with E-state index in [4.69, 9.17) is 28.4 Å². The second-order valence-electron chi connectivity index (χ2n) is 17.0. The minimum Gasteiger partial charge on any atom is -0.456 e. The Hall–Kier alpha value is -8.76. The van der Waals surface area contributed by atoms with Crippen molar-refractivity contribution in [1.29, 1.82) is 0 Å². The molecule has 10 rings (SSSR count). The fraction of sp³-hybridized carbons (Fsp3) is 0.103. The Kier molecular flexibility index (Phi) is 11.4. The molecule has 0 radical (unpaired) electrons. The number of hydrogen-bond donors (Lipinski definition) is 0. The lowest BCUT2D eigenvalue weighted by molar-refractivity contribution is 0.0724. The summed E-state index contributed by atoms with van der Waals surface area (Å²) in [6.45, 7) is 7.76. The number of carbonyl (C=O) groups excluding carboxylic acids is 4. The highest BCUT2D eigenvalue weighted by Crippen LogP contribution is 2.59. The van der Waals surface area contributed by atoms with Gasteiger partial charge in [-0.3, -0.25) is 0 Å². The molecule has 8 aromatic carbocycles. The largest absolute Gasteiger partial charge is 0.456 e. The zero-order valence-electron chi connectivity index (χ0n) is 37.4. The average Bonchev–Trinajstić information content (AvgIpc) is 3.33. The van der Waals surface area contributed by atoms with Crippen LogP contribution in [0.25, 0.3) is 0 Å². The average molecular weight is 899 g/mol. The Bertz CT molecular complexity index is 2840. The standard InChI is InChI=1S/C58H42O10/c1-33-5-13-37(14-6-33)55(59)63-41-21-25-45-49(29-41)67-50-30-42(64-56(60)38-15-7-34(2)8-16-38)22-26-46(50)53(45)54-47-27-23-43(65-57(61)39-17-9-35(3)10-18-39)31-51(47)68-52-32-44(24-28-48(52)54)66-58(62)40-19-11-36(4)12-20-40/h5-32,53-54H,1-4H3. The highest BCUT2D eigenvalue weighted by molar-refractivity contribution is 5.93. The van der Waals surface area contributed by atoms with Gasteiger partial charge in [-0.25, -0.2) is 19.2 Å². The fourth-order valence-corrected chi connectivity index (χ4v) is 8.41. The minimum atomic E-state index is -0.534. The molecule has 0 saturated carbocycles. The van der Waals surface area contributed by atoms with Gasteiger partial charge in [0.2, 0.25) is 0 Å². The highest BCUT2D eigenvalue weighted by atomic mass is 16.6. The SMILES string of the molecule is Cc1ccc(C(=O)Oc2ccc3c(c2)Oc2cc(OC(=O)c4ccc(C)cc4)ccc2C3C2c3ccc(OC(=O)c4ccc(C)cc4)cc3Oc3cc(OC(=O)c4ccc(C)cc4)ccc32)cc1. The first-order valence-electron chi connectivity index (χ1n) is 22.0. The molecule has 0 amide bonds. The summed E-state index contributed by atoms with van der Waals surface area (Å²) in [5.74, 6) is -0.499. The van der Waals surface area contributed by atoms with E-state index < -0.39 is 35.7 Å². The van der Waals surface area contributed by atoms with E-state index in [0.29, 0.717) is 45.3 Å². The lowest BCUT2D eigenvalue weighted by Crippen LogP contribution is -2.22. The van der Waals surface area contributed by atoms with Crippen molar-refractivity contribution in [2.24, 2.45) is 0 Å². The summed E-state index contributed by atoms with van der Waals surface area (Å²) in [4.78, 5) is 53.4. The molecule has 0 spiro atoms. The molecule has 334 valence electrons. The van der Waals surface area contributed by atoms with Crippen LogP contribution in [0, 0.1) is 27.7 Å². The van der Waals surface area contributed by atoms with Crippen molar-refractivity contribution < 1.29 is 47.6 Å². The minimum absolute atomic E-state index is 0.256. The van der Waals surface area contributed by atoms with Gasteiger partial charge in [-0.05, 0) is 100 Å². The third-order valence-electron chi connectivity index (χ3n) is 12.0. The Morgan fingerprint density at radius 2 is 0.515 bits per heavy atom. The van der Waals surface area contributed by atoms with Crippen LogP contribution < -0.4 is 28.4 Å². The smallest absolute Gasteiger partial charge is 0.343 e. The van der Waals surface area contributed by atoms with Crippen molar-refractivity contribution in [3.8, 4) is 46.0 Å². The van der Waals surface area contributed by atoms with Crippen molar-refractivity contribution in [3.05, 3.63) is 237 Å². The molecule has 0 aliphatic carbocycles. The third kappa shape index (κ3) is 8.82. The van der Waals surface area contributed by atoms with Crippen LogP contribution in [0.3, 0.4) is 0 Å². The van der Waals surface area contributed by atoms with Crippen molar-refractivity contribution in [2.75, 3.05) is 0 Å². The molecule has 10 heteroatoms. The second kappa shape index (κ2) is 17.9. The number of esters is 4. The molecule has 8 aromatic rings. The number of ether oxygens (including phenoxy) is 6. The Labute approximate surface area is 392 Å². The predicted molar refractivity (Wildman–Crippen MR) is 254 cm³/mol. The molecule has 2 heterocycles. The highest BCUT2D eigenvalue weighted by Gasteiger charge is 2.41. The summed E-state index contributed by atoms with van der Waals surface area (Å²) in [5.41, 5.74) is 8.61. The molecule has 0 bridgehead atoms. The van der Waals surface area contributed by atoms with Crippen LogP contribution in [0.4, 0.5) is 0 Å². The fourth-order valence-electron chi connectivity index (χ4n) is 8.41. The van der Waals surface area contributed by atoms with Crippen molar-refractivity contribution in [3.63, 3.8) is 0 Å². The van der Waals surface area contributed by atoms with Crippen LogP contribution in [-0.4, -0.2) is 23.9 Å². The molecule has 10 nitrogen and oxygen atoms in total. The molecular weight excluding hydrogens is 857 g/mol. The maximum absolute atomic E-state index is 13.3. The number of rotatable bonds is 9. The summed E-state index contributed by atoms with van der Waals surface area (Å²) in [6.07, 6.45) is 0. The second-order valence-corrected chi connectivity index (χ2v) is 17.0. The van der Waals surface area contributed by atoms with E-state index in [1.807, 2.05) is 100 Å². The topological polar surface area (TPSA) is 124 Å². The van der Waals surface area contributed by atoms with Gasteiger partial charge in [0, 0.05) is 58.4 Å². The summed E-state index contributed by atoms with van der Waals surface area (Å²) in [6, 6.07) is 49.5. The normalized spacial score (nSPS) is 12.5. The zero-order chi connectivity index (χ0) is 47.1. The van der Waals surface area contributed by atoms with E-state index in [1.54, 1.807) is 97.1 Å². The predicted octanol–water partition coefficient (Wildman–Crippen LogP) is 13.0. The van der Waals surface area contributed by atoms with Crippen molar-refractivity contribution in [1.82, 2.24) is 0 Å². The van der Waals surface area contributed by atoms with Crippen molar-refractivity contribution >= 4 is 23.9 Å². The lowest BCUT2D eigenvalue weighted by Gasteiger charge is -2.38. The van der Waals surface area contributed by atoms with Crippen molar-refractivity contribution in [2.45, 2.75) is 39.5 Å². The Morgan fingerprint density at radius 3 is 0.721 bits per heavy atom. The van der Waals surface area contributed by atoms with Gasteiger partial charge in [-0.15, -0.1) is 0 Å². The Balaban J connectivity index is 1.07. The molecule has 0 aromatic heterocycles. The van der Waals surface area contributed by atoms with E-state index in [-0.39, 0.29) is 23.0 Å². The van der Waals surface area contributed by atoms with E-state index >= 15 is 0 Å². The van der Waals surface area contributed by atoms with Gasteiger partial charge in [0.25, 0.3) is 0 Å². The molecule has 2 aliphatic heterocycles.